The summed E-state index contributed by atoms with van der Waals surface area (Å²) < 4.78 is 5.40. The van der Waals surface area contributed by atoms with E-state index in [4.69, 9.17) is 4.74 Å². The van der Waals surface area contributed by atoms with E-state index in [9.17, 15) is 9.59 Å². The lowest BCUT2D eigenvalue weighted by Gasteiger charge is -2.36. The molecule has 1 amide bonds. The molecule has 2 heterocycles. The van der Waals surface area contributed by atoms with Gasteiger partial charge in [0, 0.05) is 18.0 Å². The lowest BCUT2D eigenvalue weighted by Crippen LogP contribution is -2.48. The first-order valence-electron chi connectivity index (χ1n) is 8.56. The Hall–Kier alpha value is -2.37. The summed E-state index contributed by atoms with van der Waals surface area (Å²) in [6, 6.07) is 7.59. The van der Waals surface area contributed by atoms with Crippen molar-refractivity contribution < 1.29 is 14.3 Å². The van der Waals surface area contributed by atoms with Crippen LogP contribution in [0, 0.1) is 0 Å². The SMILES string of the molecule is CC[C@@H]1CCCCN1C(=O)[C@@H](C)OC(=O)c1n[nH]c2ccccc12. The van der Waals surface area contributed by atoms with Crippen LogP contribution in [-0.4, -0.2) is 45.7 Å². The fourth-order valence-corrected chi connectivity index (χ4v) is 3.33. The fourth-order valence-electron chi connectivity index (χ4n) is 3.33. The third kappa shape index (κ3) is 3.13. The molecule has 128 valence electrons. The number of aromatic nitrogens is 2. The highest BCUT2D eigenvalue weighted by Crippen LogP contribution is 2.22. The topological polar surface area (TPSA) is 75.3 Å². The molecule has 1 aliphatic heterocycles. The van der Waals surface area contributed by atoms with Crippen molar-refractivity contribution in [2.24, 2.45) is 0 Å². The summed E-state index contributed by atoms with van der Waals surface area (Å²) >= 11 is 0. The average Bonchev–Trinajstić information content (AvgIpc) is 3.05. The van der Waals surface area contributed by atoms with Gasteiger partial charge in [0.15, 0.2) is 11.8 Å². The highest BCUT2D eigenvalue weighted by atomic mass is 16.5. The lowest BCUT2D eigenvalue weighted by atomic mass is 9.99. The summed E-state index contributed by atoms with van der Waals surface area (Å²) in [5, 5.41) is 7.53. The quantitative estimate of drug-likeness (QED) is 0.875. The molecule has 1 saturated heterocycles. The van der Waals surface area contributed by atoms with E-state index in [1.54, 1.807) is 13.0 Å². The van der Waals surface area contributed by atoms with Crippen LogP contribution in [-0.2, 0) is 9.53 Å². The van der Waals surface area contributed by atoms with Gasteiger partial charge in [-0.15, -0.1) is 0 Å². The number of para-hydroxylation sites is 1. The number of H-pyrrole nitrogens is 1. The van der Waals surface area contributed by atoms with Gasteiger partial charge in [-0.2, -0.15) is 5.10 Å². The number of fused-ring (bicyclic) bond motifs is 1. The van der Waals surface area contributed by atoms with Crippen molar-refractivity contribution in [3.63, 3.8) is 0 Å². The van der Waals surface area contributed by atoms with Gasteiger partial charge in [0.05, 0.1) is 5.52 Å². The minimum atomic E-state index is -0.805. The molecule has 0 aliphatic carbocycles. The fraction of sp³-hybridized carbons (Fsp3) is 0.500. The van der Waals surface area contributed by atoms with Crippen molar-refractivity contribution in [1.82, 2.24) is 15.1 Å². The molecule has 24 heavy (non-hydrogen) atoms. The maximum atomic E-state index is 12.7. The maximum absolute atomic E-state index is 12.7. The summed E-state index contributed by atoms with van der Waals surface area (Å²) in [6.07, 6.45) is 3.30. The number of hydrogen-bond acceptors (Lipinski definition) is 4. The van der Waals surface area contributed by atoms with Crippen molar-refractivity contribution in [3.8, 4) is 0 Å². The molecule has 1 aromatic heterocycles. The Morgan fingerprint density at radius 2 is 2.17 bits per heavy atom. The van der Waals surface area contributed by atoms with Gasteiger partial charge in [-0.25, -0.2) is 4.79 Å². The smallest absolute Gasteiger partial charge is 0.360 e. The molecule has 3 rings (SSSR count). The van der Waals surface area contributed by atoms with Crippen molar-refractivity contribution in [1.29, 1.82) is 0 Å². The Labute approximate surface area is 141 Å². The van der Waals surface area contributed by atoms with E-state index in [2.05, 4.69) is 17.1 Å². The molecule has 1 fully saturated rings. The van der Waals surface area contributed by atoms with Crippen LogP contribution in [0.15, 0.2) is 24.3 Å². The number of nitrogens with one attached hydrogen (secondary N) is 1. The van der Waals surface area contributed by atoms with Crippen LogP contribution in [0.3, 0.4) is 0 Å². The second-order valence-corrected chi connectivity index (χ2v) is 6.25. The Morgan fingerprint density at radius 3 is 2.96 bits per heavy atom. The van der Waals surface area contributed by atoms with Crippen LogP contribution in [0.25, 0.3) is 10.9 Å². The summed E-state index contributed by atoms with van der Waals surface area (Å²) in [5.74, 6) is -0.687. The van der Waals surface area contributed by atoms with Gasteiger partial charge >= 0.3 is 5.97 Å². The molecule has 1 aliphatic rings. The largest absolute Gasteiger partial charge is 0.448 e. The van der Waals surface area contributed by atoms with Crippen LogP contribution in [0.1, 0.15) is 50.0 Å². The predicted octanol–water partition coefficient (Wildman–Crippen LogP) is 2.90. The molecule has 2 aromatic rings. The van der Waals surface area contributed by atoms with E-state index in [0.717, 1.165) is 37.7 Å². The van der Waals surface area contributed by atoms with Crippen LogP contribution in [0.5, 0.6) is 0 Å². The summed E-state index contributed by atoms with van der Waals surface area (Å²) in [5.41, 5.74) is 0.987. The number of carbonyl (C=O) groups is 2. The Balaban J connectivity index is 1.70. The number of benzene rings is 1. The molecule has 0 bridgehead atoms. The molecule has 0 radical (unpaired) electrons. The molecule has 0 saturated carbocycles. The third-order valence-corrected chi connectivity index (χ3v) is 4.68. The third-order valence-electron chi connectivity index (χ3n) is 4.68. The number of nitrogens with zero attached hydrogens (tertiary/aromatic N) is 2. The van der Waals surface area contributed by atoms with Gasteiger partial charge in [-0.1, -0.05) is 25.1 Å². The van der Waals surface area contributed by atoms with Crippen LogP contribution in [0.4, 0.5) is 0 Å². The molecule has 6 nitrogen and oxygen atoms in total. The molecule has 1 N–H and O–H groups in total. The van der Waals surface area contributed by atoms with E-state index >= 15 is 0 Å². The average molecular weight is 329 g/mol. The van der Waals surface area contributed by atoms with E-state index in [1.807, 2.05) is 23.1 Å². The minimum Gasteiger partial charge on any atom is -0.448 e. The van der Waals surface area contributed by atoms with Crippen molar-refractivity contribution in [2.45, 2.75) is 51.7 Å². The van der Waals surface area contributed by atoms with Crippen molar-refractivity contribution in [2.75, 3.05) is 6.54 Å². The number of hydrogen-bond donors (Lipinski definition) is 1. The Bertz CT molecular complexity index is 740. The number of ether oxygens (including phenoxy) is 1. The minimum absolute atomic E-state index is 0.116. The standard InChI is InChI=1S/C18H23N3O3/c1-3-13-8-6-7-11-21(13)17(22)12(2)24-18(23)16-14-9-4-5-10-15(14)19-20-16/h4-5,9-10,12-13H,3,6-8,11H2,1-2H3,(H,19,20)/t12-,13-/m1/s1. The number of likely N-dealkylation sites (tertiary alicyclic amines) is 1. The predicted molar refractivity (Wildman–Crippen MR) is 90.6 cm³/mol. The monoisotopic (exact) mass is 329 g/mol. The normalized spacial score (nSPS) is 19.2. The zero-order valence-corrected chi connectivity index (χ0v) is 14.1. The second-order valence-electron chi connectivity index (χ2n) is 6.25. The van der Waals surface area contributed by atoms with Crippen LogP contribution < -0.4 is 0 Å². The number of amides is 1. The van der Waals surface area contributed by atoms with Gasteiger partial charge in [-0.3, -0.25) is 9.89 Å². The highest BCUT2D eigenvalue weighted by molar-refractivity contribution is 6.02. The molecule has 2 atom stereocenters. The molecule has 0 unspecified atom stereocenters. The van der Waals surface area contributed by atoms with Crippen molar-refractivity contribution >= 4 is 22.8 Å². The van der Waals surface area contributed by atoms with E-state index < -0.39 is 12.1 Å². The first kappa shape index (κ1) is 16.5. The van der Waals surface area contributed by atoms with E-state index in [-0.39, 0.29) is 17.6 Å². The van der Waals surface area contributed by atoms with Crippen LogP contribution >= 0.6 is 0 Å². The molecular weight excluding hydrogens is 306 g/mol. The molecule has 6 heteroatoms. The maximum Gasteiger partial charge on any atom is 0.360 e. The van der Waals surface area contributed by atoms with Crippen LogP contribution in [0.2, 0.25) is 0 Å². The highest BCUT2D eigenvalue weighted by Gasteiger charge is 2.31. The lowest BCUT2D eigenvalue weighted by molar-refractivity contribution is -0.143. The summed E-state index contributed by atoms with van der Waals surface area (Å²) in [7, 11) is 0. The zero-order valence-electron chi connectivity index (χ0n) is 14.1. The van der Waals surface area contributed by atoms with Gasteiger partial charge in [0.25, 0.3) is 5.91 Å². The molecular formula is C18H23N3O3. The van der Waals surface area contributed by atoms with E-state index in [0.29, 0.717) is 5.39 Å². The van der Waals surface area contributed by atoms with Gasteiger partial charge in [0.2, 0.25) is 0 Å². The molecule has 1 aromatic carbocycles. The van der Waals surface area contributed by atoms with Gasteiger partial charge in [0.1, 0.15) is 0 Å². The molecule has 0 spiro atoms. The summed E-state index contributed by atoms with van der Waals surface area (Å²) in [6.45, 7) is 4.46. The number of piperidine rings is 1. The number of rotatable bonds is 4. The number of carbonyl (C=O) groups excluding carboxylic acids is 2. The van der Waals surface area contributed by atoms with Gasteiger partial charge in [-0.05, 0) is 38.7 Å². The zero-order chi connectivity index (χ0) is 17.1. The first-order chi connectivity index (χ1) is 11.6. The van der Waals surface area contributed by atoms with E-state index in [1.165, 1.54) is 0 Å². The number of aromatic amines is 1. The Kier molecular flexibility index (Phi) is 4.83. The summed E-state index contributed by atoms with van der Waals surface area (Å²) in [4.78, 5) is 26.9. The van der Waals surface area contributed by atoms with Gasteiger partial charge < -0.3 is 9.64 Å². The number of esters is 1. The van der Waals surface area contributed by atoms with Crippen molar-refractivity contribution in [3.05, 3.63) is 30.0 Å². The Morgan fingerprint density at radius 1 is 1.38 bits per heavy atom. The second kappa shape index (κ2) is 7.03. The first-order valence-corrected chi connectivity index (χ1v) is 8.56.